The van der Waals surface area contributed by atoms with Gasteiger partial charge in [-0.1, -0.05) is 53.7 Å². The van der Waals surface area contributed by atoms with Crippen LogP contribution >= 0.6 is 23.4 Å². The van der Waals surface area contributed by atoms with Crippen LogP contribution in [0.15, 0.2) is 53.7 Å². The van der Waals surface area contributed by atoms with Gasteiger partial charge in [0.15, 0.2) is 0 Å². The van der Waals surface area contributed by atoms with Gasteiger partial charge < -0.3 is 5.73 Å². The van der Waals surface area contributed by atoms with Crippen molar-refractivity contribution in [1.29, 1.82) is 0 Å². The quantitative estimate of drug-likeness (QED) is 0.862. The van der Waals surface area contributed by atoms with Crippen LogP contribution in [0.2, 0.25) is 5.02 Å². The molecule has 0 saturated heterocycles. The summed E-state index contributed by atoms with van der Waals surface area (Å²) in [5.74, 6) is 0. The zero-order valence-electron chi connectivity index (χ0n) is 10.1. The molecule has 1 heterocycles. The molecular weight excluding hydrogens is 264 g/mol. The van der Waals surface area contributed by atoms with Gasteiger partial charge in [0.1, 0.15) is 0 Å². The molecule has 0 fully saturated rings. The molecule has 0 aliphatic rings. The van der Waals surface area contributed by atoms with E-state index in [1.54, 1.807) is 18.0 Å². The summed E-state index contributed by atoms with van der Waals surface area (Å²) in [6.45, 7) is 2.01. The van der Waals surface area contributed by atoms with Crippen molar-refractivity contribution in [3.8, 4) is 0 Å². The standard InChI is InChI=1S/C14H15ClN2S/c1-10(16)14(11-5-3-2-4-6-11)18-13-8-7-12(15)9-17-13/h2-10,14H,16H2,1H3. The highest BCUT2D eigenvalue weighted by molar-refractivity contribution is 7.99. The number of hydrogen-bond donors (Lipinski definition) is 1. The molecule has 2 nitrogen and oxygen atoms in total. The third-order valence-electron chi connectivity index (χ3n) is 2.55. The van der Waals surface area contributed by atoms with Crippen LogP contribution in [0.1, 0.15) is 17.7 Å². The molecule has 0 bridgehead atoms. The van der Waals surface area contributed by atoms with Gasteiger partial charge in [0.25, 0.3) is 0 Å². The molecule has 94 valence electrons. The number of nitrogens with zero attached hydrogens (tertiary/aromatic N) is 1. The van der Waals surface area contributed by atoms with E-state index in [0.717, 1.165) is 5.03 Å². The van der Waals surface area contributed by atoms with Crippen molar-refractivity contribution in [2.75, 3.05) is 0 Å². The lowest BCUT2D eigenvalue weighted by molar-refractivity contribution is 0.720. The first-order chi connectivity index (χ1) is 8.66. The average molecular weight is 279 g/mol. The molecule has 1 aromatic heterocycles. The fraction of sp³-hybridized carbons (Fsp3) is 0.214. The van der Waals surface area contributed by atoms with Crippen molar-refractivity contribution >= 4 is 23.4 Å². The molecule has 2 unspecified atom stereocenters. The molecular formula is C14H15ClN2S. The monoisotopic (exact) mass is 278 g/mol. The summed E-state index contributed by atoms with van der Waals surface area (Å²) in [4.78, 5) is 4.30. The summed E-state index contributed by atoms with van der Waals surface area (Å²) in [5.41, 5.74) is 7.29. The summed E-state index contributed by atoms with van der Waals surface area (Å²) in [6.07, 6.45) is 1.66. The Morgan fingerprint density at radius 1 is 1.17 bits per heavy atom. The van der Waals surface area contributed by atoms with Crippen molar-refractivity contribution in [3.05, 3.63) is 59.2 Å². The van der Waals surface area contributed by atoms with Gasteiger partial charge in [-0.15, -0.1) is 0 Å². The summed E-state index contributed by atoms with van der Waals surface area (Å²) in [7, 11) is 0. The summed E-state index contributed by atoms with van der Waals surface area (Å²) in [6, 6.07) is 14.1. The van der Waals surface area contributed by atoms with Gasteiger partial charge in [0, 0.05) is 12.2 Å². The fourth-order valence-electron chi connectivity index (χ4n) is 1.68. The number of benzene rings is 1. The average Bonchev–Trinajstić information content (AvgIpc) is 2.38. The van der Waals surface area contributed by atoms with Crippen molar-refractivity contribution in [2.45, 2.75) is 23.2 Å². The third kappa shape index (κ3) is 3.48. The van der Waals surface area contributed by atoms with E-state index in [-0.39, 0.29) is 11.3 Å². The maximum atomic E-state index is 6.07. The van der Waals surface area contributed by atoms with Gasteiger partial charge in [-0.2, -0.15) is 0 Å². The molecule has 1 aromatic carbocycles. The zero-order chi connectivity index (χ0) is 13.0. The Kier molecular flexibility index (Phi) is 4.64. The predicted octanol–water partition coefficient (Wildman–Crippen LogP) is 3.92. The van der Waals surface area contributed by atoms with Gasteiger partial charge in [-0.25, -0.2) is 4.98 Å². The van der Waals surface area contributed by atoms with E-state index in [9.17, 15) is 0 Å². The normalized spacial score (nSPS) is 14.2. The molecule has 2 atom stereocenters. The molecule has 0 amide bonds. The molecule has 4 heteroatoms. The smallest absolute Gasteiger partial charge is 0.0967 e. The fourth-order valence-corrected chi connectivity index (χ4v) is 2.82. The summed E-state index contributed by atoms with van der Waals surface area (Å²) < 4.78 is 0. The first kappa shape index (κ1) is 13.4. The Morgan fingerprint density at radius 3 is 2.44 bits per heavy atom. The number of rotatable bonds is 4. The molecule has 0 spiro atoms. The largest absolute Gasteiger partial charge is 0.327 e. The Bertz CT molecular complexity index is 485. The molecule has 2 aromatic rings. The van der Waals surface area contributed by atoms with E-state index >= 15 is 0 Å². The molecule has 18 heavy (non-hydrogen) atoms. The van der Waals surface area contributed by atoms with Crippen molar-refractivity contribution in [2.24, 2.45) is 5.73 Å². The second-order valence-corrected chi connectivity index (χ2v) is 5.72. The van der Waals surface area contributed by atoms with Gasteiger partial charge in [0.2, 0.25) is 0 Å². The van der Waals surface area contributed by atoms with Crippen LogP contribution in [0, 0.1) is 0 Å². The van der Waals surface area contributed by atoms with Gasteiger partial charge >= 0.3 is 0 Å². The van der Waals surface area contributed by atoms with E-state index in [1.807, 2.05) is 37.3 Å². The van der Waals surface area contributed by atoms with Gasteiger partial charge in [-0.05, 0) is 24.6 Å². The van der Waals surface area contributed by atoms with Crippen LogP contribution in [0.5, 0.6) is 0 Å². The number of pyridine rings is 1. The number of hydrogen-bond acceptors (Lipinski definition) is 3. The molecule has 0 aliphatic carbocycles. The van der Waals surface area contributed by atoms with Crippen molar-refractivity contribution in [1.82, 2.24) is 4.98 Å². The highest BCUT2D eigenvalue weighted by Crippen LogP contribution is 2.36. The van der Waals surface area contributed by atoms with Gasteiger partial charge in [-0.3, -0.25) is 0 Å². The van der Waals surface area contributed by atoms with Crippen LogP contribution in [0.4, 0.5) is 0 Å². The number of nitrogens with two attached hydrogens (primary N) is 1. The minimum atomic E-state index is 0.0508. The minimum absolute atomic E-state index is 0.0508. The van der Waals surface area contributed by atoms with E-state index in [0.29, 0.717) is 5.02 Å². The van der Waals surface area contributed by atoms with E-state index in [4.69, 9.17) is 17.3 Å². The summed E-state index contributed by atoms with van der Waals surface area (Å²) in [5, 5.41) is 1.78. The zero-order valence-corrected chi connectivity index (χ0v) is 11.7. The van der Waals surface area contributed by atoms with E-state index in [1.165, 1.54) is 5.56 Å². The van der Waals surface area contributed by atoms with Crippen LogP contribution in [0.3, 0.4) is 0 Å². The minimum Gasteiger partial charge on any atom is -0.327 e. The lowest BCUT2D eigenvalue weighted by Gasteiger charge is -2.20. The van der Waals surface area contributed by atoms with Crippen molar-refractivity contribution < 1.29 is 0 Å². The predicted molar refractivity (Wildman–Crippen MR) is 77.9 cm³/mol. The first-order valence-corrected chi connectivity index (χ1v) is 7.01. The SMILES string of the molecule is CC(N)C(Sc1ccc(Cl)cn1)c1ccccc1. The molecule has 2 rings (SSSR count). The maximum Gasteiger partial charge on any atom is 0.0967 e. The number of halogens is 1. The Balaban J connectivity index is 2.19. The Morgan fingerprint density at radius 2 is 1.89 bits per heavy atom. The molecule has 0 saturated carbocycles. The van der Waals surface area contributed by atoms with E-state index < -0.39 is 0 Å². The molecule has 0 radical (unpaired) electrons. The lowest BCUT2D eigenvalue weighted by atomic mass is 10.1. The highest BCUT2D eigenvalue weighted by Gasteiger charge is 2.17. The molecule has 2 N–H and O–H groups in total. The topological polar surface area (TPSA) is 38.9 Å². The van der Waals surface area contributed by atoms with Gasteiger partial charge in [0.05, 0.1) is 15.3 Å². The maximum absolute atomic E-state index is 6.07. The molecule has 0 aliphatic heterocycles. The van der Waals surface area contributed by atoms with Crippen molar-refractivity contribution in [3.63, 3.8) is 0 Å². The second-order valence-electron chi connectivity index (χ2n) is 4.12. The second kappa shape index (κ2) is 6.23. The highest BCUT2D eigenvalue weighted by atomic mass is 35.5. The van der Waals surface area contributed by atoms with Crippen LogP contribution in [-0.4, -0.2) is 11.0 Å². The Hall–Kier alpha value is -1.03. The lowest BCUT2D eigenvalue weighted by Crippen LogP contribution is -2.22. The van der Waals surface area contributed by atoms with Crippen LogP contribution in [-0.2, 0) is 0 Å². The van der Waals surface area contributed by atoms with Crippen LogP contribution in [0.25, 0.3) is 0 Å². The summed E-state index contributed by atoms with van der Waals surface area (Å²) >= 11 is 7.50. The van der Waals surface area contributed by atoms with E-state index in [2.05, 4.69) is 17.1 Å². The Labute approximate surface area is 117 Å². The van der Waals surface area contributed by atoms with Crippen LogP contribution < -0.4 is 5.73 Å². The number of thioether (sulfide) groups is 1. The number of aromatic nitrogens is 1. The third-order valence-corrected chi connectivity index (χ3v) is 4.22. The first-order valence-electron chi connectivity index (χ1n) is 5.75.